The van der Waals surface area contributed by atoms with E-state index in [4.69, 9.17) is 9.84 Å². The van der Waals surface area contributed by atoms with Gasteiger partial charge in [0.05, 0.1) is 10.5 Å². The van der Waals surface area contributed by atoms with Crippen molar-refractivity contribution >= 4 is 22.1 Å². The molecule has 0 spiro atoms. The minimum Gasteiger partial charge on any atom is -0.482 e. The van der Waals surface area contributed by atoms with Crippen LogP contribution in [0.4, 0.5) is 13.2 Å². The third-order valence-corrected chi connectivity index (χ3v) is 4.85. The van der Waals surface area contributed by atoms with Crippen molar-refractivity contribution in [3.63, 3.8) is 0 Å². The van der Waals surface area contributed by atoms with Crippen molar-refractivity contribution in [2.24, 2.45) is 0 Å². The molecule has 0 saturated carbocycles. The fraction of sp³-hybridized carbons (Fsp3) is 0.167. The second-order valence-electron chi connectivity index (χ2n) is 5.53. The summed E-state index contributed by atoms with van der Waals surface area (Å²) in [5.41, 5.74) is -0.284. The van der Waals surface area contributed by atoms with Crippen LogP contribution >= 0.6 is 0 Å². The lowest BCUT2D eigenvalue weighted by molar-refractivity contribution is -0.139. The van der Waals surface area contributed by atoms with E-state index in [0.29, 0.717) is 23.4 Å². The SMILES string of the molecule is O=C(O)COc1cccc(C=CCNS(=O)(=O)c2ccc(C(F)(F)F)cc2)c1. The lowest BCUT2D eigenvalue weighted by atomic mass is 10.2. The average molecular weight is 415 g/mol. The summed E-state index contributed by atoms with van der Waals surface area (Å²) in [6.07, 6.45) is -1.46. The quantitative estimate of drug-likeness (QED) is 0.691. The van der Waals surface area contributed by atoms with Gasteiger partial charge in [0.25, 0.3) is 0 Å². The van der Waals surface area contributed by atoms with Gasteiger partial charge >= 0.3 is 12.1 Å². The number of rotatable bonds is 8. The Balaban J connectivity index is 1.96. The summed E-state index contributed by atoms with van der Waals surface area (Å²) in [5.74, 6) is -0.770. The first-order valence-corrected chi connectivity index (χ1v) is 9.34. The fourth-order valence-corrected chi connectivity index (χ4v) is 3.09. The maximum absolute atomic E-state index is 12.5. The molecule has 2 N–H and O–H groups in total. The van der Waals surface area contributed by atoms with E-state index in [1.54, 1.807) is 30.3 Å². The van der Waals surface area contributed by atoms with Crippen LogP contribution in [0.5, 0.6) is 5.75 Å². The Labute approximate surface area is 159 Å². The number of halogens is 3. The van der Waals surface area contributed by atoms with E-state index in [9.17, 15) is 26.4 Å². The minimum atomic E-state index is -4.54. The van der Waals surface area contributed by atoms with E-state index in [1.165, 1.54) is 6.08 Å². The van der Waals surface area contributed by atoms with Gasteiger partial charge in [0.15, 0.2) is 6.61 Å². The van der Waals surface area contributed by atoms with Gasteiger partial charge in [0.1, 0.15) is 5.75 Å². The van der Waals surface area contributed by atoms with Gasteiger partial charge in [-0.2, -0.15) is 13.2 Å². The highest BCUT2D eigenvalue weighted by Crippen LogP contribution is 2.29. The number of hydrogen-bond donors (Lipinski definition) is 2. The number of aliphatic carboxylic acids is 1. The van der Waals surface area contributed by atoms with Crippen molar-refractivity contribution in [3.8, 4) is 5.75 Å². The number of ether oxygens (including phenoxy) is 1. The highest BCUT2D eigenvalue weighted by molar-refractivity contribution is 7.89. The second-order valence-corrected chi connectivity index (χ2v) is 7.30. The Morgan fingerprint density at radius 2 is 1.82 bits per heavy atom. The molecule has 0 radical (unpaired) electrons. The number of hydrogen-bond acceptors (Lipinski definition) is 4. The monoisotopic (exact) mass is 415 g/mol. The summed E-state index contributed by atoms with van der Waals surface area (Å²) in [6.45, 7) is -0.580. The fourth-order valence-electron chi connectivity index (χ4n) is 2.11. The van der Waals surface area contributed by atoms with Crippen molar-refractivity contribution in [1.82, 2.24) is 4.72 Å². The van der Waals surface area contributed by atoms with Gasteiger partial charge in [-0.25, -0.2) is 17.9 Å². The van der Waals surface area contributed by atoms with Crippen molar-refractivity contribution in [2.45, 2.75) is 11.1 Å². The van der Waals surface area contributed by atoms with Gasteiger partial charge < -0.3 is 9.84 Å². The van der Waals surface area contributed by atoms with Crippen molar-refractivity contribution in [3.05, 3.63) is 65.7 Å². The molecule has 10 heteroatoms. The number of carbonyl (C=O) groups is 1. The van der Waals surface area contributed by atoms with Gasteiger partial charge in [-0.05, 0) is 42.0 Å². The summed E-state index contributed by atoms with van der Waals surface area (Å²) in [7, 11) is -3.96. The molecule has 0 heterocycles. The second kappa shape index (κ2) is 8.89. The lowest BCUT2D eigenvalue weighted by Gasteiger charge is -2.08. The molecule has 0 saturated heterocycles. The van der Waals surface area contributed by atoms with Crippen LogP contribution in [0, 0.1) is 0 Å². The maximum Gasteiger partial charge on any atom is 0.416 e. The van der Waals surface area contributed by atoms with Crippen molar-refractivity contribution in [2.75, 3.05) is 13.2 Å². The molecule has 0 fully saturated rings. The normalized spacial score (nSPS) is 12.2. The predicted molar refractivity (Wildman–Crippen MR) is 95.2 cm³/mol. The third-order valence-electron chi connectivity index (χ3n) is 3.41. The predicted octanol–water partition coefficient (Wildman–Crippen LogP) is 3.16. The van der Waals surface area contributed by atoms with Crippen molar-refractivity contribution in [1.29, 1.82) is 0 Å². The van der Waals surface area contributed by atoms with Gasteiger partial charge in [-0.3, -0.25) is 0 Å². The zero-order chi connectivity index (χ0) is 20.8. The zero-order valence-electron chi connectivity index (χ0n) is 14.3. The van der Waals surface area contributed by atoms with Crippen LogP contribution in [0.2, 0.25) is 0 Å². The summed E-state index contributed by atoms with van der Waals surface area (Å²) in [5, 5.41) is 8.58. The zero-order valence-corrected chi connectivity index (χ0v) is 15.1. The third kappa shape index (κ3) is 6.39. The summed E-state index contributed by atoms with van der Waals surface area (Å²) < 4.78 is 69.1. The van der Waals surface area contributed by atoms with Crippen LogP contribution in [0.3, 0.4) is 0 Å². The Kier molecular flexibility index (Phi) is 6.81. The topological polar surface area (TPSA) is 92.7 Å². The minimum absolute atomic E-state index is 0.0937. The Morgan fingerprint density at radius 1 is 1.14 bits per heavy atom. The van der Waals surface area contributed by atoms with Gasteiger partial charge in [-0.15, -0.1) is 0 Å². The lowest BCUT2D eigenvalue weighted by Crippen LogP contribution is -2.23. The average Bonchev–Trinajstić information content (AvgIpc) is 2.63. The smallest absolute Gasteiger partial charge is 0.416 e. The highest BCUT2D eigenvalue weighted by atomic mass is 32.2. The maximum atomic E-state index is 12.5. The molecule has 0 unspecified atom stereocenters. The number of carboxylic acid groups (broad SMARTS) is 1. The van der Waals surface area contributed by atoms with Crippen LogP contribution in [0.15, 0.2) is 59.5 Å². The van der Waals surface area contributed by atoms with E-state index in [2.05, 4.69) is 4.72 Å². The van der Waals surface area contributed by atoms with E-state index in [1.807, 2.05) is 0 Å². The Bertz CT molecular complexity index is 954. The molecular formula is C18H16F3NO5S. The van der Waals surface area contributed by atoms with Gasteiger partial charge in [-0.1, -0.05) is 24.3 Å². The molecule has 0 aliphatic rings. The first-order valence-electron chi connectivity index (χ1n) is 7.86. The first-order chi connectivity index (χ1) is 13.1. The molecule has 2 rings (SSSR count). The van der Waals surface area contributed by atoms with Crippen molar-refractivity contribution < 1.29 is 36.2 Å². The van der Waals surface area contributed by atoms with Crippen LogP contribution in [-0.2, 0) is 21.0 Å². The number of nitrogens with one attached hydrogen (secondary N) is 1. The standard InChI is InChI=1S/C18H16F3NO5S/c19-18(20,21)14-6-8-16(9-7-14)28(25,26)22-10-2-4-13-3-1-5-15(11-13)27-12-17(23)24/h1-9,11,22H,10,12H2,(H,23,24). The molecule has 28 heavy (non-hydrogen) atoms. The van der Waals surface area contributed by atoms with Crippen LogP contribution < -0.4 is 9.46 Å². The molecule has 150 valence electrons. The van der Waals surface area contributed by atoms with E-state index < -0.39 is 34.3 Å². The Hall–Kier alpha value is -2.85. The molecule has 0 bridgehead atoms. The van der Waals surface area contributed by atoms with Gasteiger partial charge in [0, 0.05) is 6.54 Å². The number of sulfonamides is 1. The molecular weight excluding hydrogens is 399 g/mol. The number of carboxylic acids is 1. The first kappa shape index (κ1) is 21.5. The molecule has 2 aromatic rings. The summed E-state index contributed by atoms with van der Waals surface area (Å²) in [6, 6.07) is 9.67. The largest absolute Gasteiger partial charge is 0.482 e. The molecule has 0 aliphatic heterocycles. The summed E-state index contributed by atoms with van der Waals surface area (Å²) in [4.78, 5) is 10.2. The summed E-state index contributed by atoms with van der Waals surface area (Å²) >= 11 is 0. The molecule has 0 atom stereocenters. The van der Waals surface area contributed by atoms with E-state index in [0.717, 1.165) is 12.1 Å². The number of benzene rings is 2. The van der Waals surface area contributed by atoms with Gasteiger partial charge in [0.2, 0.25) is 10.0 Å². The highest BCUT2D eigenvalue weighted by Gasteiger charge is 2.30. The Morgan fingerprint density at radius 3 is 2.43 bits per heavy atom. The van der Waals surface area contributed by atoms with E-state index in [-0.39, 0.29) is 11.4 Å². The molecule has 0 aliphatic carbocycles. The molecule has 2 aromatic carbocycles. The molecule has 0 aromatic heterocycles. The molecule has 6 nitrogen and oxygen atoms in total. The molecule has 0 amide bonds. The van der Waals surface area contributed by atoms with Crippen LogP contribution in [0.25, 0.3) is 6.08 Å². The van der Waals surface area contributed by atoms with Crippen LogP contribution in [-0.4, -0.2) is 32.6 Å². The van der Waals surface area contributed by atoms with Crippen LogP contribution in [0.1, 0.15) is 11.1 Å². The van der Waals surface area contributed by atoms with E-state index >= 15 is 0 Å². The number of alkyl halides is 3.